The third-order valence-electron chi connectivity index (χ3n) is 3.84. The van der Waals surface area contributed by atoms with Crippen LogP contribution in [-0.2, 0) is 4.79 Å². The van der Waals surface area contributed by atoms with Crippen LogP contribution in [-0.4, -0.2) is 18.7 Å². The second kappa shape index (κ2) is 10.4. The molecule has 0 radical (unpaired) electrons. The summed E-state index contributed by atoms with van der Waals surface area (Å²) in [5.74, 6) is 0.632. The van der Waals surface area contributed by atoms with Crippen molar-refractivity contribution >= 4 is 50.1 Å². The van der Waals surface area contributed by atoms with Crippen LogP contribution >= 0.6 is 31.9 Å². The lowest BCUT2D eigenvalue weighted by Crippen LogP contribution is -2.25. The van der Waals surface area contributed by atoms with Gasteiger partial charge in [-0.2, -0.15) is 5.10 Å². The fraction of sp³-hybridized carbons (Fsp3) is 0.238. The number of halogens is 2. The van der Waals surface area contributed by atoms with Gasteiger partial charge in [0.25, 0.3) is 5.91 Å². The van der Waals surface area contributed by atoms with Crippen LogP contribution in [0.2, 0.25) is 0 Å². The van der Waals surface area contributed by atoms with E-state index in [4.69, 9.17) is 4.74 Å². The molecule has 0 aliphatic heterocycles. The van der Waals surface area contributed by atoms with Crippen molar-refractivity contribution in [2.24, 2.45) is 5.10 Å². The van der Waals surface area contributed by atoms with E-state index in [9.17, 15) is 4.79 Å². The van der Waals surface area contributed by atoms with Gasteiger partial charge >= 0.3 is 0 Å². The Labute approximate surface area is 177 Å². The van der Waals surface area contributed by atoms with Crippen LogP contribution in [0.3, 0.4) is 0 Å². The van der Waals surface area contributed by atoms with Gasteiger partial charge in [-0.3, -0.25) is 4.79 Å². The SMILES string of the molecule is Cc1c(Br)cc(C(C)C)c(OCC(=O)N/N=C\C=C\c2ccccc2)c1Br. The van der Waals surface area contributed by atoms with Gasteiger partial charge in [-0.05, 0) is 57.6 Å². The second-order valence-corrected chi connectivity index (χ2v) is 7.89. The maximum absolute atomic E-state index is 12.0. The summed E-state index contributed by atoms with van der Waals surface area (Å²) in [5, 5.41) is 3.90. The molecule has 0 aliphatic carbocycles. The van der Waals surface area contributed by atoms with E-state index in [1.54, 1.807) is 6.08 Å². The smallest absolute Gasteiger partial charge is 0.277 e. The van der Waals surface area contributed by atoms with E-state index in [0.717, 1.165) is 25.6 Å². The predicted octanol–water partition coefficient (Wildman–Crippen LogP) is 5.84. The van der Waals surface area contributed by atoms with Crippen LogP contribution in [0.25, 0.3) is 6.08 Å². The minimum absolute atomic E-state index is 0.112. The number of amides is 1. The molecule has 0 bridgehead atoms. The van der Waals surface area contributed by atoms with Crippen LogP contribution < -0.4 is 10.2 Å². The predicted molar refractivity (Wildman–Crippen MR) is 118 cm³/mol. The summed E-state index contributed by atoms with van der Waals surface area (Å²) in [4.78, 5) is 12.0. The van der Waals surface area contributed by atoms with Crippen molar-refractivity contribution in [2.45, 2.75) is 26.7 Å². The number of rotatable bonds is 7. The number of hydrazone groups is 1. The molecule has 2 aromatic carbocycles. The second-order valence-electron chi connectivity index (χ2n) is 6.24. The van der Waals surface area contributed by atoms with Crippen molar-refractivity contribution in [1.82, 2.24) is 5.43 Å². The topological polar surface area (TPSA) is 50.7 Å². The standard InChI is InChI=1S/C21H22Br2N2O2/c1-14(2)17-12-18(22)15(3)20(23)21(17)27-13-19(26)25-24-11-7-10-16-8-5-4-6-9-16/h4-12,14H,13H2,1-3H3,(H,25,26)/b10-7+,24-11-. The molecule has 0 aliphatic rings. The first kappa shape index (κ1) is 21.4. The van der Waals surface area contributed by atoms with Crippen LogP contribution in [0.15, 0.2) is 56.5 Å². The molecular formula is C21H22Br2N2O2. The van der Waals surface area contributed by atoms with Crippen molar-refractivity contribution in [3.63, 3.8) is 0 Å². The summed E-state index contributed by atoms with van der Waals surface area (Å²) >= 11 is 7.12. The lowest BCUT2D eigenvalue weighted by molar-refractivity contribution is -0.123. The fourth-order valence-corrected chi connectivity index (χ4v) is 3.60. The van der Waals surface area contributed by atoms with E-state index in [1.807, 2.05) is 49.4 Å². The van der Waals surface area contributed by atoms with Crippen LogP contribution in [0.4, 0.5) is 0 Å². The van der Waals surface area contributed by atoms with E-state index < -0.39 is 0 Å². The van der Waals surface area contributed by atoms with Crippen LogP contribution in [0, 0.1) is 6.92 Å². The first-order valence-corrected chi connectivity index (χ1v) is 10.1. The molecule has 142 valence electrons. The van der Waals surface area contributed by atoms with Crippen LogP contribution in [0.1, 0.15) is 36.5 Å². The fourth-order valence-electron chi connectivity index (χ4n) is 2.33. The summed E-state index contributed by atoms with van der Waals surface area (Å²) in [6, 6.07) is 11.9. The number of hydrogen-bond acceptors (Lipinski definition) is 3. The first-order valence-electron chi connectivity index (χ1n) is 8.55. The number of carbonyl (C=O) groups excluding carboxylic acids is 1. The molecular weight excluding hydrogens is 472 g/mol. The molecule has 0 spiro atoms. The molecule has 0 unspecified atom stereocenters. The number of nitrogens with one attached hydrogen (secondary N) is 1. The summed E-state index contributed by atoms with van der Waals surface area (Å²) in [6.45, 7) is 6.04. The number of benzene rings is 2. The molecule has 2 rings (SSSR count). The zero-order valence-electron chi connectivity index (χ0n) is 15.5. The third-order valence-corrected chi connectivity index (χ3v) is 5.62. The first-order chi connectivity index (χ1) is 12.9. The zero-order valence-corrected chi connectivity index (χ0v) is 18.7. The maximum Gasteiger partial charge on any atom is 0.277 e. The highest BCUT2D eigenvalue weighted by Crippen LogP contribution is 2.40. The monoisotopic (exact) mass is 492 g/mol. The summed E-state index contributed by atoms with van der Waals surface area (Å²) < 4.78 is 7.64. The van der Waals surface area contributed by atoms with Gasteiger partial charge in [-0.1, -0.05) is 66.2 Å². The van der Waals surface area contributed by atoms with Gasteiger partial charge in [0.05, 0.1) is 4.47 Å². The highest BCUT2D eigenvalue weighted by molar-refractivity contribution is 9.11. The molecule has 0 saturated carbocycles. The largest absolute Gasteiger partial charge is 0.482 e. The van der Waals surface area contributed by atoms with Crippen molar-refractivity contribution in [3.8, 4) is 5.75 Å². The highest BCUT2D eigenvalue weighted by atomic mass is 79.9. The van der Waals surface area contributed by atoms with Gasteiger partial charge in [0, 0.05) is 10.7 Å². The van der Waals surface area contributed by atoms with E-state index in [0.29, 0.717) is 5.75 Å². The van der Waals surface area contributed by atoms with Gasteiger partial charge in [-0.15, -0.1) is 0 Å². The minimum atomic E-state index is -0.318. The highest BCUT2D eigenvalue weighted by Gasteiger charge is 2.17. The zero-order chi connectivity index (χ0) is 19.8. The Kier molecular flexibility index (Phi) is 8.25. The Morgan fingerprint density at radius 3 is 2.63 bits per heavy atom. The van der Waals surface area contributed by atoms with Crippen LogP contribution in [0.5, 0.6) is 5.75 Å². The summed E-state index contributed by atoms with van der Waals surface area (Å²) in [7, 11) is 0. The van der Waals surface area contributed by atoms with Gasteiger partial charge in [0.1, 0.15) is 5.75 Å². The van der Waals surface area contributed by atoms with Gasteiger partial charge in [-0.25, -0.2) is 5.43 Å². The molecule has 0 saturated heterocycles. The van der Waals surface area contributed by atoms with Gasteiger partial charge in [0.2, 0.25) is 0 Å². The molecule has 0 heterocycles. The molecule has 2 aromatic rings. The average Bonchev–Trinajstić information content (AvgIpc) is 2.65. The van der Waals surface area contributed by atoms with Crippen molar-refractivity contribution in [3.05, 3.63) is 68.1 Å². The molecule has 4 nitrogen and oxygen atoms in total. The number of allylic oxidation sites excluding steroid dienone is 1. The molecule has 27 heavy (non-hydrogen) atoms. The maximum atomic E-state index is 12.0. The normalized spacial score (nSPS) is 11.5. The number of hydrogen-bond donors (Lipinski definition) is 1. The minimum Gasteiger partial charge on any atom is -0.482 e. The Morgan fingerprint density at radius 1 is 1.26 bits per heavy atom. The number of carbonyl (C=O) groups is 1. The van der Waals surface area contributed by atoms with E-state index >= 15 is 0 Å². The van der Waals surface area contributed by atoms with Crippen molar-refractivity contribution in [2.75, 3.05) is 6.61 Å². The average molecular weight is 494 g/mol. The molecule has 1 amide bonds. The Bertz CT molecular complexity index is 847. The lowest BCUT2D eigenvalue weighted by atomic mass is 10.0. The molecule has 0 aromatic heterocycles. The lowest BCUT2D eigenvalue weighted by Gasteiger charge is -2.18. The molecule has 1 N–H and O–H groups in total. The Balaban J connectivity index is 1.93. The van der Waals surface area contributed by atoms with Gasteiger partial charge < -0.3 is 4.74 Å². The van der Waals surface area contributed by atoms with Gasteiger partial charge in [0.15, 0.2) is 6.61 Å². The van der Waals surface area contributed by atoms with Crippen molar-refractivity contribution in [1.29, 1.82) is 0 Å². The number of ether oxygens (including phenoxy) is 1. The van der Waals surface area contributed by atoms with E-state index in [2.05, 4.69) is 56.2 Å². The van der Waals surface area contributed by atoms with Crippen molar-refractivity contribution < 1.29 is 9.53 Å². The van der Waals surface area contributed by atoms with E-state index in [1.165, 1.54) is 6.21 Å². The quantitative estimate of drug-likeness (QED) is 0.389. The number of nitrogens with zero attached hydrogens (tertiary/aromatic N) is 1. The Morgan fingerprint density at radius 2 is 1.96 bits per heavy atom. The third kappa shape index (κ3) is 6.33. The molecule has 0 fully saturated rings. The summed E-state index contributed by atoms with van der Waals surface area (Å²) in [5.41, 5.74) is 5.58. The van der Waals surface area contributed by atoms with E-state index in [-0.39, 0.29) is 18.4 Å². The summed E-state index contributed by atoms with van der Waals surface area (Å²) in [6.07, 6.45) is 5.20. The molecule has 0 atom stereocenters. The Hall–Kier alpha value is -1.92. The molecule has 6 heteroatoms.